The Morgan fingerprint density at radius 2 is 2.26 bits per heavy atom. The number of carbonyl (C=O) groups excluding carboxylic acids is 1. The van der Waals surface area contributed by atoms with Crippen molar-refractivity contribution in [2.24, 2.45) is 11.8 Å². The number of nitrogens with one attached hydrogen (secondary N) is 1. The molecule has 3 aliphatic carbocycles. The third-order valence-electron chi connectivity index (χ3n) is 6.37. The minimum atomic E-state index is -0.664. The maximum absolute atomic E-state index is 13.3. The van der Waals surface area contributed by atoms with Crippen molar-refractivity contribution in [3.8, 4) is 0 Å². The van der Waals surface area contributed by atoms with E-state index in [9.17, 15) is 4.79 Å². The van der Waals surface area contributed by atoms with Crippen molar-refractivity contribution in [3.63, 3.8) is 0 Å². The minimum Gasteiger partial charge on any atom is -0.344 e. The molecule has 0 aliphatic heterocycles. The molecule has 1 N–H and O–H groups in total. The van der Waals surface area contributed by atoms with Crippen LogP contribution in [0.4, 0.5) is 0 Å². The van der Waals surface area contributed by atoms with Crippen molar-refractivity contribution in [1.82, 2.24) is 25.2 Å². The van der Waals surface area contributed by atoms with Gasteiger partial charge in [0, 0.05) is 29.8 Å². The molecule has 7 heteroatoms. The number of nitrogens with zero attached hydrogens (tertiary/aromatic N) is 4. The zero-order valence-corrected chi connectivity index (χ0v) is 16.8. The highest BCUT2D eigenvalue weighted by Crippen LogP contribution is 2.64. The van der Waals surface area contributed by atoms with Crippen molar-refractivity contribution >= 4 is 5.91 Å². The quantitative estimate of drug-likeness (QED) is 0.843. The van der Waals surface area contributed by atoms with Crippen LogP contribution >= 0.6 is 0 Å². The molecule has 0 saturated heterocycles. The lowest BCUT2D eigenvalue weighted by Crippen LogP contribution is -2.56. The van der Waals surface area contributed by atoms with E-state index < -0.39 is 5.54 Å². The summed E-state index contributed by atoms with van der Waals surface area (Å²) in [5.41, 5.74) is 0.456. The van der Waals surface area contributed by atoms with Crippen molar-refractivity contribution in [2.45, 2.75) is 77.3 Å². The first-order valence-electron chi connectivity index (χ1n) is 9.97. The van der Waals surface area contributed by atoms with Crippen LogP contribution < -0.4 is 5.32 Å². The topological polar surface area (TPSA) is 85.8 Å². The second-order valence-corrected chi connectivity index (χ2v) is 8.87. The van der Waals surface area contributed by atoms with E-state index >= 15 is 0 Å². The largest absolute Gasteiger partial charge is 0.344 e. The Balaban J connectivity index is 1.58. The van der Waals surface area contributed by atoms with Gasteiger partial charge in [-0.2, -0.15) is 10.1 Å². The molecule has 3 saturated carbocycles. The highest BCUT2D eigenvalue weighted by Gasteiger charge is 2.64. The number of fused-ring (bicyclic) bond motifs is 1. The van der Waals surface area contributed by atoms with Crippen molar-refractivity contribution in [3.05, 3.63) is 29.7 Å². The predicted molar refractivity (Wildman–Crippen MR) is 100.0 cm³/mol. The summed E-state index contributed by atoms with van der Waals surface area (Å²) in [5, 5.41) is 11.8. The normalized spacial score (nSPS) is 27.0. The van der Waals surface area contributed by atoms with Crippen molar-refractivity contribution in [2.75, 3.05) is 0 Å². The molecule has 2 aromatic heterocycles. The van der Waals surface area contributed by atoms with Gasteiger partial charge in [0.05, 0.1) is 11.5 Å². The van der Waals surface area contributed by atoms with E-state index in [4.69, 9.17) is 4.52 Å². The van der Waals surface area contributed by atoms with E-state index in [0.717, 1.165) is 19.3 Å². The van der Waals surface area contributed by atoms with Crippen molar-refractivity contribution in [1.29, 1.82) is 0 Å². The summed E-state index contributed by atoms with van der Waals surface area (Å²) in [4.78, 5) is 17.7. The molecule has 0 aromatic carbocycles. The Hall–Kier alpha value is -2.18. The molecule has 7 nitrogen and oxygen atoms in total. The molecule has 146 valence electrons. The van der Waals surface area contributed by atoms with Crippen LogP contribution in [0.3, 0.4) is 0 Å². The highest BCUT2D eigenvalue weighted by atomic mass is 16.5. The first-order valence-corrected chi connectivity index (χ1v) is 9.97. The lowest BCUT2D eigenvalue weighted by atomic mass is 9.58. The minimum absolute atomic E-state index is 0.0106. The second-order valence-electron chi connectivity index (χ2n) is 8.87. The standard InChI is InChI=1S/C20H29N5O2/c1-6-15-22-18(24-27-15)19(4,5)23-17(26)16-13-7-9-20(16,11-13)14-8-10-21-25(14)12(2)3/h8,10,12-13,16H,6-7,9,11H2,1-5H3,(H,23,26). The molecule has 3 aliphatic rings. The molecule has 1 amide bonds. The molecular weight excluding hydrogens is 342 g/mol. The van der Waals surface area contributed by atoms with E-state index in [1.165, 1.54) is 5.69 Å². The molecule has 3 unspecified atom stereocenters. The Morgan fingerprint density at radius 3 is 2.89 bits per heavy atom. The van der Waals surface area contributed by atoms with Gasteiger partial charge in [-0.15, -0.1) is 0 Å². The van der Waals surface area contributed by atoms with E-state index in [0.29, 0.717) is 24.1 Å². The molecule has 5 rings (SSSR count). The SMILES string of the molecule is CCc1nc(C(C)(C)NC(=O)C2C3CCC2(c2ccnn2C(C)C)C3)no1. The molecule has 2 bridgehead atoms. The van der Waals surface area contributed by atoms with Crippen LogP contribution in [0.2, 0.25) is 0 Å². The molecule has 2 heterocycles. The monoisotopic (exact) mass is 371 g/mol. The van der Waals surface area contributed by atoms with Crippen LogP contribution in [0.25, 0.3) is 0 Å². The molecule has 2 aromatic rings. The fourth-order valence-electron chi connectivity index (χ4n) is 5.04. The fourth-order valence-corrected chi connectivity index (χ4v) is 5.04. The molecule has 27 heavy (non-hydrogen) atoms. The number of amides is 1. The van der Waals surface area contributed by atoms with Crippen LogP contribution in [0, 0.1) is 11.8 Å². The van der Waals surface area contributed by atoms with Gasteiger partial charge in [0.2, 0.25) is 11.8 Å². The molecule has 3 atom stereocenters. The van der Waals surface area contributed by atoms with Crippen LogP contribution in [-0.2, 0) is 22.2 Å². The molecule has 0 radical (unpaired) electrons. The Morgan fingerprint density at radius 1 is 1.48 bits per heavy atom. The van der Waals surface area contributed by atoms with E-state index in [-0.39, 0.29) is 23.3 Å². The van der Waals surface area contributed by atoms with Crippen molar-refractivity contribution < 1.29 is 9.32 Å². The average Bonchev–Trinajstić information content (AvgIpc) is 3.33. The Bertz CT molecular complexity index is 848. The van der Waals surface area contributed by atoms with Gasteiger partial charge in [0.15, 0.2) is 5.82 Å². The first-order chi connectivity index (χ1) is 12.8. The zero-order valence-electron chi connectivity index (χ0n) is 16.8. The van der Waals surface area contributed by atoms with Gasteiger partial charge >= 0.3 is 0 Å². The van der Waals surface area contributed by atoms with Gasteiger partial charge in [-0.3, -0.25) is 9.48 Å². The fraction of sp³-hybridized carbons (Fsp3) is 0.700. The third kappa shape index (κ3) is 2.70. The lowest BCUT2D eigenvalue weighted by Gasteiger charge is -2.47. The number of rotatable bonds is 6. The summed E-state index contributed by atoms with van der Waals surface area (Å²) < 4.78 is 7.32. The van der Waals surface area contributed by atoms with Gasteiger partial charge < -0.3 is 9.84 Å². The zero-order chi connectivity index (χ0) is 19.4. The van der Waals surface area contributed by atoms with Crippen LogP contribution in [0.1, 0.15) is 77.3 Å². The Kier molecular flexibility index (Phi) is 4.16. The van der Waals surface area contributed by atoms with E-state index in [2.05, 4.69) is 45.2 Å². The summed E-state index contributed by atoms with van der Waals surface area (Å²) in [6.45, 7) is 10.1. The average molecular weight is 371 g/mol. The van der Waals surface area contributed by atoms with Gasteiger partial charge in [0.25, 0.3) is 0 Å². The smallest absolute Gasteiger partial charge is 0.226 e. The van der Waals surface area contributed by atoms with Crippen LogP contribution in [0.15, 0.2) is 16.8 Å². The lowest BCUT2D eigenvalue weighted by molar-refractivity contribution is -0.135. The second kappa shape index (κ2) is 6.17. The van der Waals surface area contributed by atoms with Crippen LogP contribution in [0.5, 0.6) is 0 Å². The van der Waals surface area contributed by atoms with Gasteiger partial charge in [0.1, 0.15) is 0 Å². The highest BCUT2D eigenvalue weighted by molar-refractivity contribution is 5.83. The van der Waals surface area contributed by atoms with Gasteiger partial charge in [-0.25, -0.2) is 0 Å². The molecule has 3 fully saturated rings. The first kappa shape index (κ1) is 18.2. The Labute approximate surface area is 159 Å². The maximum atomic E-state index is 13.3. The van der Waals surface area contributed by atoms with E-state index in [1.807, 2.05) is 27.0 Å². The maximum Gasteiger partial charge on any atom is 0.226 e. The summed E-state index contributed by atoms with van der Waals surface area (Å²) in [6, 6.07) is 2.38. The molecular formula is C20H29N5O2. The summed E-state index contributed by atoms with van der Waals surface area (Å²) in [6.07, 6.45) is 5.77. The number of hydrogen-bond acceptors (Lipinski definition) is 5. The van der Waals surface area contributed by atoms with Gasteiger partial charge in [-0.05, 0) is 58.9 Å². The molecule has 0 spiro atoms. The number of hydrogen-bond donors (Lipinski definition) is 1. The summed E-state index contributed by atoms with van der Waals surface area (Å²) in [5.74, 6) is 1.65. The summed E-state index contributed by atoms with van der Waals surface area (Å²) >= 11 is 0. The number of carbonyl (C=O) groups is 1. The van der Waals surface area contributed by atoms with E-state index in [1.54, 1.807) is 0 Å². The summed E-state index contributed by atoms with van der Waals surface area (Å²) in [7, 11) is 0. The predicted octanol–water partition coefficient (Wildman–Crippen LogP) is 3.13. The van der Waals surface area contributed by atoms with Crippen LogP contribution in [-0.4, -0.2) is 25.8 Å². The number of aromatic nitrogens is 4. The van der Waals surface area contributed by atoms with Gasteiger partial charge in [-0.1, -0.05) is 12.1 Å². The third-order valence-corrected chi connectivity index (χ3v) is 6.37. The number of aryl methyl sites for hydroxylation is 1.